The molecule has 0 bridgehead atoms. The zero-order valence-corrected chi connectivity index (χ0v) is 19.6. The van der Waals surface area contributed by atoms with Crippen molar-refractivity contribution in [3.8, 4) is 11.5 Å². The van der Waals surface area contributed by atoms with Gasteiger partial charge >= 0.3 is 0 Å². The Morgan fingerprint density at radius 2 is 1.94 bits per heavy atom. The van der Waals surface area contributed by atoms with Crippen LogP contribution in [0, 0.1) is 6.92 Å². The molecule has 5 rings (SSSR count). The molecule has 1 amide bonds. The number of amides is 1. The predicted octanol–water partition coefficient (Wildman–Crippen LogP) is 5.95. The van der Waals surface area contributed by atoms with E-state index in [0.717, 1.165) is 5.56 Å². The number of Topliss-reactive ketones (excluding diaryl/α,β-unsaturated/α-hetero) is 1. The van der Waals surface area contributed by atoms with Crippen molar-refractivity contribution >= 4 is 51.3 Å². The molecule has 172 valence electrons. The number of carbonyl (C=O) groups is 2. The number of methoxy groups -OCH3 is 1. The summed E-state index contributed by atoms with van der Waals surface area (Å²) < 4.78 is 11.1. The Balaban J connectivity index is 1.68. The molecule has 4 aromatic rings. The number of aryl methyl sites for hydroxylation is 1. The molecule has 7 nitrogen and oxygen atoms in total. The van der Waals surface area contributed by atoms with Crippen molar-refractivity contribution in [1.82, 2.24) is 0 Å². The molecule has 0 saturated carbocycles. The number of rotatable bonds is 5. The molecule has 0 spiro atoms. The Labute approximate surface area is 203 Å². The molecule has 1 unspecified atom stereocenters. The van der Waals surface area contributed by atoms with Crippen molar-refractivity contribution in [3.05, 3.63) is 86.5 Å². The lowest BCUT2D eigenvalue weighted by Crippen LogP contribution is -2.31. The van der Waals surface area contributed by atoms with Gasteiger partial charge in [-0.25, -0.2) is 0 Å². The van der Waals surface area contributed by atoms with Gasteiger partial charge in [-0.3, -0.25) is 14.5 Å². The summed E-state index contributed by atoms with van der Waals surface area (Å²) in [7, 11) is 1.46. The second-order valence-corrected chi connectivity index (χ2v) is 9.15. The minimum Gasteiger partial charge on any atom is -0.506 e. The number of phenols is 1. The molecule has 0 saturated heterocycles. The number of halogens is 1. The Bertz CT molecular complexity index is 1500. The van der Waals surface area contributed by atoms with Crippen LogP contribution in [0.3, 0.4) is 0 Å². The summed E-state index contributed by atoms with van der Waals surface area (Å²) >= 11 is 7.48. The Kier molecular flexibility index (Phi) is 5.34. The van der Waals surface area contributed by atoms with Crippen molar-refractivity contribution in [2.45, 2.75) is 13.0 Å². The van der Waals surface area contributed by atoms with Crippen molar-refractivity contribution in [2.75, 3.05) is 12.0 Å². The maximum Gasteiger partial charge on any atom is 0.294 e. The first-order valence-electron chi connectivity index (χ1n) is 10.2. The lowest BCUT2D eigenvalue weighted by atomic mass is 9.98. The quantitative estimate of drug-likeness (QED) is 0.332. The SMILES string of the molecule is COc1cc(Cl)cc2cc(C(=O)C3=C(O)C(=O)N(c4ccccc4O)C3c3sccc3C)oc12. The maximum atomic E-state index is 13.7. The number of anilines is 1. The van der Waals surface area contributed by atoms with Crippen molar-refractivity contribution in [1.29, 1.82) is 0 Å². The third kappa shape index (κ3) is 3.34. The number of carbonyl (C=O) groups excluding carboxylic acids is 2. The number of aromatic hydroxyl groups is 1. The highest BCUT2D eigenvalue weighted by Crippen LogP contribution is 2.47. The van der Waals surface area contributed by atoms with E-state index in [1.807, 2.05) is 18.4 Å². The zero-order chi connectivity index (χ0) is 24.1. The molecule has 0 radical (unpaired) electrons. The van der Waals surface area contributed by atoms with Gasteiger partial charge in [0.15, 0.2) is 22.9 Å². The van der Waals surface area contributed by atoms with Crippen LogP contribution in [0.1, 0.15) is 27.0 Å². The number of benzene rings is 2. The number of hydrogen-bond donors (Lipinski definition) is 2. The number of fused-ring (bicyclic) bond motifs is 1. The maximum absolute atomic E-state index is 13.7. The number of aliphatic hydroxyl groups excluding tert-OH is 1. The first-order valence-corrected chi connectivity index (χ1v) is 11.5. The highest BCUT2D eigenvalue weighted by atomic mass is 35.5. The van der Waals surface area contributed by atoms with Crippen molar-refractivity contribution in [3.63, 3.8) is 0 Å². The zero-order valence-electron chi connectivity index (χ0n) is 18.0. The summed E-state index contributed by atoms with van der Waals surface area (Å²) in [4.78, 5) is 28.9. The van der Waals surface area contributed by atoms with Crippen LogP contribution in [0.2, 0.25) is 5.02 Å². The Hall–Kier alpha value is -3.75. The van der Waals surface area contributed by atoms with Gasteiger partial charge in [0.05, 0.1) is 18.4 Å². The predicted molar refractivity (Wildman–Crippen MR) is 129 cm³/mol. The van der Waals surface area contributed by atoms with Crippen LogP contribution in [0.15, 0.2) is 69.7 Å². The van der Waals surface area contributed by atoms with Crippen LogP contribution in [0.25, 0.3) is 11.0 Å². The van der Waals surface area contributed by atoms with E-state index in [-0.39, 0.29) is 22.8 Å². The molecule has 0 aliphatic carbocycles. The van der Waals surface area contributed by atoms with E-state index in [9.17, 15) is 19.8 Å². The van der Waals surface area contributed by atoms with Crippen molar-refractivity contribution < 1.29 is 29.0 Å². The van der Waals surface area contributed by atoms with E-state index in [1.54, 1.807) is 30.3 Å². The molecule has 1 atom stereocenters. The number of hydrogen-bond acceptors (Lipinski definition) is 7. The molecule has 2 N–H and O–H groups in total. The Morgan fingerprint density at radius 3 is 2.62 bits per heavy atom. The second-order valence-electron chi connectivity index (χ2n) is 7.76. The van der Waals surface area contributed by atoms with Gasteiger partial charge < -0.3 is 19.4 Å². The average Bonchev–Trinajstić information content (AvgIpc) is 3.50. The molecule has 3 heterocycles. The van der Waals surface area contributed by atoms with Crippen LogP contribution in [0.5, 0.6) is 11.5 Å². The summed E-state index contributed by atoms with van der Waals surface area (Å²) in [6.45, 7) is 1.85. The number of thiophene rings is 1. The molecule has 1 aliphatic rings. The van der Waals surface area contributed by atoms with Gasteiger partial charge in [-0.1, -0.05) is 23.7 Å². The summed E-state index contributed by atoms with van der Waals surface area (Å²) in [6.07, 6.45) is 0. The number of aliphatic hydroxyl groups is 1. The van der Waals surface area contributed by atoms with Crippen LogP contribution in [-0.4, -0.2) is 29.0 Å². The molecule has 1 aliphatic heterocycles. The number of para-hydroxylation sites is 2. The van der Waals surface area contributed by atoms with E-state index in [1.165, 1.54) is 35.5 Å². The second kappa shape index (κ2) is 8.23. The number of furan rings is 1. The monoisotopic (exact) mass is 495 g/mol. The highest BCUT2D eigenvalue weighted by Gasteiger charge is 2.47. The smallest absolute Gasteiger partial charge is 0.294 e. The number of ether oxygens (including phenoxy) is 1. The lowest BCUT2D eigenvalue weighted by Gasteiger charge is -2.26. The fourth-order valence-electron chi connectivity index (χ4n) is 4.15. The first kappa shape index (κ1) is 22.1. The van der Waals surface area contributed by atoms with Crippen molar-refractivity contribution in [2.24, 2.45) is 0 Å². The lowest BCUT2D eigenvalue weighted by molar-refractivity contribution is -0.117. The van der Waals surface area contributed by atoms with Gasteiger partial charge in [-0.05, 0) is 48.2 Å². The van der Waals surface area contributed by atoms with Gasteiger partial charge in [0.1, 0.15) is 11.8 Å². The summed E-state index contributed by atoms with van der Waals surface area (Å²) in [5.41, 5.74) is 1.20. The minimum absolute atomic E-state index is 0.0803. The molecule has 2 aromatic heterocycles. The highest BCUT2D eigenvalue weighted by molar-refractivity contribution is 7.10. The fraction of sp³-hybridized carbons (Fsp3) is 0.120. The summed E-state index contributed by atoms with van der Waals surface area (Å²) in [5.74, 6) is -2.03. The number of phenolic OH excluding ortho intramolecular Hbond substituents is 1. The fourth-order valence-corrected chi connectivity index (χ4v) is 5.39. The van der Waals surface area contributed by atoms with E-state index in [4.69, 9.17) is 20.8 Å². The topological polar surface area (TPSA) is 100 Å². The third-order valence-corrected chi connectivity index (χ3v) is 7.02. The van der Waals surface area contributed by atoms with Crippen LogP contribution >= 0.6 is 22.9 Å². The molecular weight excluding hydrogens is 478 g/mol. The molecule has 34 heavy (non-hydrogen) atoms. The van der Waals surface area contributed by atoms with E-state index in [0.29, 0.717) is 26.6 Å². The summed E-state index contributed by atoms with van der Waals surface area (Å²) in [6, 6.07) is 11.9. The standard InChI is InChI=1S/C25H18ClNO6S/c1-12-7-8-34-24(12)20-19(22(30)25(31)27(20)15-5-3-4-6-16(15)28)21(29)17-10-13-9-14(26)11-18(32-2)23(13)33-17/h3-11,20,28,30H,1-2H3. The molecular formula is C25H18ClNO6S. The Morgan fingerprint density at radius 1 is 1.18 bits per heavy atom. The normalized spacial score (nSPS) is 16.0. The molecule has 2 aromatic carbocycles. The van der Waals surface area contributed by atoms with E-state index < -0.39 is 23.5 Å². The van der Waals surface area contributed by atoms with Crippen LogP contribution < -0.4 is 9.64 Å². The first-order chi connectivity index (χ1) is 16.3. The van der Waals surface area contributed by atoms with Gasteiger partial charge in [0.2, 0.25) is 5.78 Å². The largest absolute Gasteiger partial charge is 0.506 e. The van der Waals surface area contributed by atoms with Gasteiger partial charge in [0.25, 0.3) is 5.91 Å². The van der Waals surface area contributed by atoms with E-state index >= 15 is 0 Å². The minimum atomic E-state index is -0.952. The average molecular weight is 496 g/mol. The molecule has 0 fully saturated rings. The third-order valence-electron chi connectivity index (χ3n) is 5.73. The van der Waals surface area contributed by atoms with Gasteiger partial charge in [-0.2, -0.15) is 0 Å². The number of ketones is 1. The summed E-state index contributed by atoms with van der Waals surface area (Å²) in [5, 5.41) is 24.1. The van der Waals surface area contributed by atoms with Gasteiger partial charge in [0, 0.05) is 21.4 Å². The molecule has 9 heteroatoms. The number of nitrogens with zero attached hydrogens (tertiary/aromatic N) is 1. The van der Waals surface area contributed by atoms with Crippen LogP contribution in [-0.2, 0) is 4.79 Å². The van der Waals surface area contributed by atoms with Gasteiger partial charge in [-0.15, -0.1) is 11.3 Å². The van der Waals surface area contributed by atoms with E-state index in [2.05, 4.69) is 0 Å². The van der Waals surface area contributed by atoms with Crippen LogP contribution in [0.4, 0.5) is 5.69 Å².